The zero-order chi connectivity index (χ0) is 14.0. The molecule has 1 heterocycles. The summed E-state index contributed by atoms with van der Waals surface area (Å²) in [6.07, 6.45) is 0. The number of thiophene rings is 1. The third-order valence-electron chi connectivity index (χ3n) is 2.67. The van der Waals surface area contributed by atoms with Crippen LogP contribution in [0.2, 0.25) is 0 Å². The smallest absolute Gasteiger partial charge is 0.273 e. The first-order valence-electron chi connectivity index (χ1n) is 5.47. The summed E-state index contributed by atoms with van der Waals surface area (Å²) < 4.78 is 38.9. The number of benzene rings is 1. The topological polar surface area (TPSA) is 63.4 Å². The van der Waals surface area contributed by atoms with Gasteiger partial charge in [0.25, 0.3) is 10.0 Å². The van der Waals surface area contributed by atoms with Crippen molar-refractivity contribution in [3.05, 3.63) is 47.1 Å². The van der Waals surface area contributed by atoms with Gasteiger partial charge in [0.1, 0.15) is 10.0 Å². The maximum atomic E-state index is 12.8. The van der Waals surface area contributed by atoms with Gasteiger partial charge < -0.3 is 5.73 Å². The number of halogens is 1. The molecule has 7 heteroatoms. The Labute approximate surface area is 115 Å². The Morgan fingerprint density at radius 3 is 2.47 bits per heavy atom. The molecule has 2 rings (SSSR count). The molecule has 1 aromatic carbocycles. The van der Waals surface area contributed by atoms with Crippen LogP contribution in [-0.4, -0.2) is 15.5 Å². The van der Waals surface area contributed by atoms with Gasteiger partial charge in [0.2, 0.25) is 0 Å². The second-order valence-corrected chi connectivity index (χ2v) is 7.03. The lowest BCUT2D eigenvalue weighted by molar-refractivity contribution is 0.596. The number of sulfonamides is 1. The minimum Gasteiger partial charge on any atom is -0.326 e. The van der Waals surface area contributed by atoms with Crippen LogP contribution in [0.4, 0.5) is 10.1 Å². The average molecular weight is 300 g/mol. The third-order valence-corrected chi connectivity index (χ3v) is 5.92. The van der Waals surface area contributed by atoms with E-state index in [2.05, 4.69) is 0 Å². The van der Waals surface area contributed by atoms with Crippen LogP contribution >= 0.6 is 11.3 Å². The van der Waals surface area contributed by atoms with E-state index in [1.54, 1.807) is 11.4 Å². The van der Waals surface area contributed by atoms with E-state index in [4.69, 9.17) is 5.73 Å². The highest BCUT2D eigenvalue weighted by Gasteiger charge is 2.23. The lowest BCUT2D eigenvalue weighted by atomic mass is 10.3. The number of rotatable bonds is 4. The standard InChI is InChI=1S/C12H13FN2O2S2/c1-15(11-4-2-10(13)3-5-11)19(16,17)12-6-9(7-14)8-18-12/h2-6,8H,7,14H2,1H3. The molecule has 1 aromatic heterocycles. The molecule has 0 aliphatic carbocycles. The van der Waals surface area contributed by atoms with Crippen molar-refractivity contribution in [3.8, 4) is 0 Å². The van der Waals surface area contributed by atoms with E-state index in [0.29, 0.717) is 12.2 Å². The fraction of sp³-hybridized carbons (Fsp3) is 0.167. The molecule has 0 unspecified atom stereocenters. The van der Waals surface area contributed by atoms with Crippen molar-refractivity contribution in [1.82, 2.24) is 0 Å². The van der Waals surface area contributed by atoms with Gasteiger partial charge in [-0.05, 0) is 41.3 Å². The maximum Gasteiger partial charge on any atom is 0.273 e. The molecule has 19 heavy (non-hydrogen) atoms. The normalized spacial score (nSPS) is 11.5. The molecule has 0 aliphatic heterocycles. The molecule has 0 saturated heterocycles. The predicted octanol–water partition coefficient (Wildman–Crippen LogP) is 2.17. The van der Waals surface area contributed by atoms with Gasteiger partial charge in [0.15, 0.2) is 0 Å². The van der Waals surface area contributed by atoms with E-state index >= 15 is 0 Å². The molecule has 2 N–H and O–H groups in total. The zero-order valence-electron chi connectivity index (χ0n) is 10.2. The highest BCUT2D eigenvalue weighted by molar-refractivity contribution is 7.94. The monoisotopic (exact) mass is 300 g/mol. The summed E-state index contributed by atoms with van der Waals surface area (Å²) in [5, 5.41) is 1.71. The molecular weight excluding hydrogens is 287 g/mol. The van der Waals surface area contributed by atoms with Crippen LogP contribution in [0.1, 0.15) is 5.56 Å². The second-order valence-electron chi connectivity index (χ2n) is 3.93. The van der Waals surface area contributed by atoms with Crippen LogP contribution in [0.15, 0.2) is 39.9 Å². The number of nitrogens with zero attached hydrogens (tertiary/aromatic N) is 1. The molecule has 102 valence electrons. The van der Waals surface area contributed by atoms with Gasteiger partial charge in [0.05, 0.1) is 5.69 Å². The fourth-order valence-corrected chi connectivity index (χ4v) is 4.11. The van der Waals surface area contributed by atoms with Crippen molar-refractivity contribution in [2.75, 3.05) is 11.4 Å². The summed E-state index contributed by atoms with van der Waals surface area (Å²) in [5.41, 5.74) is 6.65. The first-order valence-corrected chi connectivity index (χ1v) is 7.79. The van der Waals surface area contributed by atoms with E-state index in [1.165, 1.54) is 31.3 Å². The third kappa shape index (κ3) is 2.78. The van der Waals surface area contributed by atoms with Crippen molar-refractivity contribution in [2.45, 2.75) is 10.8 Å². The summed E-state index contributed by atoms with van der Waals surface area (Å²) in [6.45, 7) is 0.298. The van der Waals surface area contributed by atoms with E-state index in [1.807, 2.05) is 0 Å². The molecule has 0 fully saturated rings. The Morgan fingerprint density at radius 2 is 1.95 bits per heavy atom. The number of anilines is 1. The van der Waals surface area contributed by atoms with Crippen molar-refractivity contribution >= 4 is 27.0 Å². The van der Waals surface area contributed by atoms with E-state index in [0.717, 1.165) is 21.2 Å². The van der Waals surface area contributed by atoms with E-state index in [9.17, 15) is 12.8 Å². The second kappa shape index (κ2) is 5.28. The zero-order valence-corrected chi connectivity index (χ0v) is 11.8. The first kappa shape index (κ1) is 14.0. The summed E-state index contributed by atoms with van der Waals surface area (Å²) in [7, 11) is -2.19. The van der Waals surface area contributed by atoms with Gasteiger partial charge in [0, 0.05) is 13.6 Å². The Bertz CT molecular complexity index is 665. The summed E-state index contributed by atoms with van der Waals surface area (Å²) in [4.78, 5) is 0. The lowest BCUT2D eigenvalue weighted by Gasteiger charge is -2.18. The Hall–Kier alpha value is -1.44. The van der Waals surface area contributed by atoms with Crippen LogP contribution in [0.5, 0.6) is 0 Å². The molecule has 0 spiro atoms. The minimum atomic E-state index is -3.62. The Balaban J connectivity index is 2.36. The molecule has 2 aromatic rings. The summed E-state index contributed by atoms with van der Waals surface area (Å²) in [5.74, 6) is -0.406. The molecule has 0 aliphatic rings. The number of hydrogen-bond acceptors (Lipinski definition) is 4. The summed E-state index contributed by atoms with van der Waals surface area (Å²) in [6, 6.07) is 6.84. The van der Waals surface area contributed by atoms with Crippen molar-refractivity contribution in [1.29, 1.82) is 0 Å². The van der Waals surface area contributed by atoms with Gasteiger partial charge in [-0.1, -0.05) is 0 Å². The molecular formula is C12H13FN2O2S2. The van der Waals surface area contributed by atoms with Crippen LogP contribution in [0.25, 0.3) is 0 Å². The highest BCUT2D eigenvalue weighted by Crippen LogP contribution is 2.26. The molecule has 0 bridgehead atoms. The van der Waals surface area contributed by atoms with Crippen molar-refractivity contribution in [3.63, 3.8) is 0 Å². The highest BCUT2D eigenvalue weighted by atomic mass is 32.2. The molecule has 4 nitrogen and oxygen atoms in total. The lowest BCUT2D eigenvalue weighted by Crippen LogP contribution is -2.25. The van der Waals surface area contributed by atoms with Crippen molar-refractivity contribution < 1.29 is 12.8 Å². The van der Waals surface area contributed by atoms with Gasteiger partial charge in [-0.25, -0.2) is 12.8 Å². The Morgan fingerprint density at radius 1 is 1.32 bits per heavy atom. The minimum absolute atomic E-state index is 0.222. The van der Waals surface area contributed by atoms with E-state index in [-0.39, 0.29) is 4.21 Å². The quantitative estimate of drug-likeness (QED) is 0.941. The van der Waals surface area contributed by atoms with Gasteiger partial charge in [-0.2, -0.15) is 0 Å². The van der Waals surface area contributed by atoms with Gasteiger partial charge in [-0.3, -0.25) is 4.31 Å². The fourth-order valence-electron chi connectivity index (χ4n) is 1.52. The predicted molar refractivity (Wildman–Crippen MR) is 74.2 cm³/mol. The van der Waals surface area contributed by atoms with Gasteiger partial charge in [-0.15, -0.1) is 11.3 Å². The first-order chi connectivity index (χ1) is 8.95. The van der Waals surface area contributed by atoms with Crippen LogP contribution < -0.4 is 10.0 Å². The molecule has 0 atom stereocenters. The SMILES string of the molecule is CN(c1ccc(F)cc1)S(=O)(=O)c1cc(CN)cs1. The number of nitrogens with two attached hydrogens (primary N) is 1. The molecule has 0 radical (unpaired) electrons. The van der Waals surface area contributed by atoms with E-state index < -0.39 is 15.8 Å². The Kier molecular flexibility index (Phi) is 3.88. The summed E-state index contributed by atoms with van der Waals surface area (Å²) >= 11 is 1.12. The maximum absolute atomic E-state index is 12.8. The van der Waals surface area contributed by atoms with Crippen LogP contribution in [0, 0.1) is 5.82 Å². The molecule has 0 saturated carbocycles. The number of hydrogen-bond donors (Lipinski definition) is 1. The van der Waals surface area contributed by atoms with Crippen LogP contribution in [0.3, 0.4) is 0 Å². The van der Waals surface area contributed by atoms with Crippen molar-refractivity contribution in [2.24, 2.45) is 5.73 Å². The van der Waals surface area contributed by atoms with Gasteiger partial charge >= 0.3 is 0 Å². The molecule has 0 amide bonds. The average Bonchev–Trinajstić information content (AvgIpc) is 2.88. The van der Waals surface area contributed by atoms with Crippen LogP contribution in [-0.2, 0) is 16.6 Å². The largest absolute Gasteiger partial charge is 0.326 e.